The molecule has 1 aromatic carbocycles. The second kappa shape index (κ2) is 5.65. The first-order valence-corrected chi connectivity index (χ1v) is 6.43. The normalized spacial score (nSPS) is 11.1. The summed E-state index contributed by atoms with van der Waals surface area (Å²) in [6.07, 6.45) is 1.63. The molecule has 0 aliphatic rings. The molecule has 1 aromatic rings. The summed E-state index contributed by atoms with van der Waals surface area (Å²) >= 11 is 0. The van der Waals surface area contributed by atoms with Gasteiger partial charge in [0.1, 0.15) is 0 Å². The summed E-state index contributed by atoms with van der Waals surface area (Å²) in [4.78, 5) is 11.3. The van der Waals surface area contributed by atoms with Gasteiger partial charge in [0.15, 0.2) is 15.6 Å². The average Bonchev–Trinajstić information content (AvgIpc) is 2.27. The summed E-state index contributed by atoms with van der Waals surface area (Å²) in [7, 11) is -3.58. The molecular weight excluding hydrogens is 228 g/mol. The molecule has 0 spiro atoms. The van der Waals surface area contributed by atoms with E-state index in [9.17, 15) is 13.2 Å². The summed E-state index contributed by atoms with van der Waals surface area (Å²) in [5, 5.41) is 0. The van der Waals surface area contributed by atoms with E-state index in [1.807, 2.05) is 0 Å². The zero-order chi connectivity index (χ0) is 12.0. The van der Waals surface area contributed by atoms with Gasteiger partial charge in [-0.2, -0.15) is 0 Å². The lowest BCUT2D eigenvalue weighted by molar-refractivity contribution is -0.139. The van der Waals surface area contributed by atoms with E-state index in [-0.39, 0.29) is 11.5 Å². The predicted molar refractivity (Wildman–Crippen MR) is 59.4 cm³/mol. The van der Waals surface area contributed by atoms with Crippen LogP contribution >= 0.6 is 0 Å². The fraction of sp³-hybridized carbons (Fsp3) is 0.273. The van der Waals surface area contributed by atoms with Gasteiger partial charge in [0.05, 0.1) is 11.5 Å². The van der Waals surface area contributed by atoms with Crippen LogP contribution in [0.1, 0.15) is 6.92 Å². The van der Waals surface area contributed by atoms with Crippen LogP contribution in [0.4, 0.5) is 0 Å². The molecule has 0 saturated carbocycles. The van der Waals surface area contributed by atoms with Crippen molar-refractivity contribution in [2.45, 2.75) is 11.8 Å². The van der Waals surface area contributed by atoms with E-state index in [0.717, 1.165) is 0 Å². The Morgan fingerprint density at radius 1 is 1.31 bits per heavy atom. The Morgan fingerprint density at radius 2 is 1.94 bits per heavy atom. The van der Waals surface area contributed by atoms with Crippen LogP contribution in [0.2, 0.25) is 0 Å². The van der Waals surface area contributed by atoms with Crippen molar-refractivity contribution in [1.29, 1.82) is 0 Å². The first kappa shape index (κ1) is 12.7. The Bertz CT molecular complexity index is 436. The number of hydrogen-bond donors (Lipinski definition) is 0. The second-order valence-corrected chi connectivity index (χ2v) is 5.15. The van der Waals surface area contributed by atoms with E-state index < -0.39 is 21.6 Å². The molecule has 0 bridgehead atoms. The Kier molecular flexibility index (Phi) is 4.49. The van der Waals surface area contributed by atoms with Crippen LogP contribution in [0.15, 0.2) is 35.2 Å². The molecule has 1 radical (unpaired) electrons. The van der Waals surface area contributed by atoms with Gasteiger partial charge >= 0.3 is 5.97 Å². The molecular formula is C11H13O4S. The summed E-state index contributed by atoms with van der Waals surface area (Å²) in [5.41, 5.74) is 0. The van der Waals surface area contributed by atoms with Gasteiger partial charge in [0, 0.05) is 0 Å². The monoisotopic (exact) mass is 241 g/mol. The molecule has 1 rings (SSSR count). The average molecular weight is 241 g/mol. The van der Waals surface area contributed by atoms with E-state index in [1.165, 1.54) is 12.1 Å². The van der Waals surface area contributed by atoms with Crippen LogP contribution in [0.3, 0.4) is 0 Å². The third kappa shape index (κ3) is 3.66. The van der Waals surface area contributed by atoms with E-state index in [0.29, 0.717) is 0 Å². The first-order chi connectivity index (χ1) is 7.56. The fourth-order valence-electron chi connectivity index (χ4n) is 1.08. The largest absolute Gasteiger partial charge is 0.465 e. The van der Waals surface area contributed by atoms with Gasteiger partial charge in [-0.15, -0.1) is 0 Å². The number of rotatable bonds is 5. The maximum atomic E-state index is 11.7. The maximum Gasteiger partial charge on any atom is 0.321 e. The van der Waals surface area contributed by atoms with Crippen LogP contribution in [-0.2, 0) is 19.4 Å². The summed E-state index contributed by atoms with van der Waals surface area (Å²) in [6.45, 7) is 1.85. The molecule has 0 aliphatic carbocycles. The maximum absolute atomic E-state index is 11.7. The van der Waals surface area contributed by atoms with Gasteiger partial charge in [0.25, 0.3) is 0 Å². The van der Waals surface area contributed by atoms with Crippen LogP contribution < -0.4 is 0 Å². The van der Waals surface area contributed by atoms with Gasteiger partial charge in [-0.1, -0.05) is 25.1 Å². The van der Waals surface area contributed by atoms with E-state index in [2.05, 4.69) is 4.74 Å². The number of ether oxygens (including phenoxy) is 1. The topological polar surface area (TPSA) is 60.4 Å². The van der Waals surface area contributed by atoms with Gasteiger partial charge < -0.3 is 4.74 Å². The summed E-state index contributed by atoms with van der Waals surface area (Å²) < 4.78 is 28.1. The zero-order valence-electron chi connectivity index (χ0n) is 8.92. The smallest absolute Gasteiger partial charge is 0.321 e. The molecule has 0 unspecified atom stereocenters. The number of benzene rings is 1. The Hall–Kier alpha value is -1.36. The number of sulfone groups is 1. The van der Waals surface area contributed by atoms with Crippen molar-refractivity contribution in [3.63, 3.8) is 0 Å². The predicted octanol–water partition coefficient (Wildman–Crippen LogP) is 1.23. The number of hydrogen-bond acceptors (Lipinski definition) is 4. The molecule has 0 atom stereocenters. The van der Waals surface area contributed by atoms with Gasteiger partial charge in [0.2, 0.25) is 0 Å². The van der Waals surface area contributed by atoms with Crippen LogP contribution in [0.5, 0.6) is 0 Å². The van der Waals surface area contributed by atoms with Crippen LogP contribution in [-0.4, -0.2) is 26.7 Å². The molecule has 5 heteroatoms. The number of carbonyl (C=O) groups is 1. The molecule has 0 saturated heterocycles. The van der Waals surface area contributed by atoms with Crippen molar-refractivity contribution in [2.24, 2.45) is 0 Å². The molecule has 0 aromatic heterocycles. The third-order valence-electron chi connectivity index (χ3n) is 1.82. The lowest BCUT2D eigenvalue weighted by Crippen LogP contribution is -2.19. The highest BCUT2D eigenvalue weighted by atomic mass is 32.2. The highest BCUT2D eigenvalue weighted by Crippen LogP contribution is 2.10. The van der Waals surface area contributed by atoms with Crippen molar-refractivity contribution < 1.29 is 17.9 Å². The first-order valence-electron chi connectivity index (χ1n) is 4.77. The summed E-state index contributed by atoms with van der Waals surface area (Å²) in [6, 6.07) is 7.84. The van der Waals surface area contributed by atoms with Gasteiger partial charge in [-0.25, -0.2) is 8.42 Å². The van der Waals surface area contributed by atoms with E-state index in [1.54, 1.807) is 31.5 Å². The Labute approximate surface area is 95.2 Å². The number of esters is 1. The second-order valence-electron chi connectivity index (χ2n) is 3.16. The fourth-order valence-corrected chi connectivity index (χ4v) is 2.22. The Balaban J connectivity index is 2.70. The third-order valence-corrected chi connectivity index (χ3v) is 3.43. The quantitative estimate of drug-likeness (QED) is 0.727. The van der Waals surface area contributed by atoms with E-state index in [4.69, 9.17) is 0 Å². The molecule has 0 N–H and O–H groups in total. The zero-order valence-corrected chi connectivity index (χ0v) is 9.74. The van der Waals surface area contributed by atoms with Crippen LogP contribution in [0, 0.1) is 6.42 Å². The Morgan fingerprint density at radius 3 is 2.50 bits per heavy atom. The molecule has 0 amide bonds. The van der Waals surface area contributed by atoms with Crippen molar-refractivity contribution in [3.05, 3.63) is 36.8 Å². The minimum absolute atomic E-state index is 0.128. The van der Waals surface area contributed by atoms with E-state index >= 15 is 0 Å². The highest BCUT2D eigenvalue weighted by Gasteiger charge is 2.19. The summed E-state index contributed by atoms with van der Waals surface area (Å²) in [5.74, 6) is -1.35. The lowest BCUT2D eigenvalue weighted by Gasteiger charge is -2.04. The molecule has 87 valence electrons. The minimum atomic E-state index is -3.58. The SMILES string of the molecule is C[CH]COC(=O)CS(=O)(=O)c1ccccc1. The standard InChI is InChI=1S/C11H13O4S/c1-2-8-15-11(12)9-16(13,14)10-6-4-3-5-7-10/h2-7H,8-9H2,1H3. The van der Waals surface area contributed by atoms with Crippen LogP contribution in [0.25, 0.3) is 0 Å². The van der Waals surface area contributed by atoms with Crippen molar-refractivity contribution in [1.82, 2.24) is 0 Å². The molecule has 4 nitrogen and oxygen atoms in total. The van der Waals surface area contributed by atoms with Crippen molar-refractivity contribution in [3.8, 4) is 0 Å². The van der Waals surface area contributed by atoms with Crippen molar-refractivity contribution >= 4 is 15.8 Å². The molecule has 0 heterocycles. The molecule has 0 fully saturated rings. The highest BCUT2D eigenvalue weighted by molar-refractivity contribution is 7.92. The molecule has 0 aliphatic heterocycles. The molecule has 16 heavy (non-hydrogen) atoms. The van der Waals surface area contributed by atoms with Gasteiger partial charge in [-0.05, 0) is 18.6 Å². The lowest BCUT2D eigenvalue weighted by atomic mass is 10.4. The minimum Gasteiger partial charge on any atom is -0.465 e. The van der Waals surface area contributed by atoms with Crippen molar-refractivity contribution in [2.75, 3.05) is 12.4 Å². The van der Waals surface area contributed by atoms with Gasteiger partial charge in [-0.3, -0.25) is 4.79 Å². The number of carbonyl (C=O) groups excluding carboxylic acids is 1.